The van der Waals surface area contributed by atoms with Gasteiger partial charge in [-0.15, -0.1) is 0 Å². The molecular formula is C26H29NO3. The van der Waals surface area contributed by atoms with E-state index >= 15 is 0 Å². The van der Waals surface area contributed by atoms with Gasteiger partial charge in [-0.2, -0.15) is 0 Å². The molecule has 3 aromatic carbocycles. The average molecular weight is 404 g/mol. The van der Waals surface area contributed by atoms with E-state index in [0.717, 1.165) is 33.6 Å². The molecule has 0 aliphatic heterocycles. The fourth-order valence-corrected chi connectivity index (χ4v) is 3.29. The fraction of sp³-hybridized carbons (Fsp3) is 0.269. The maximum Gasteiger partial charge on any atom is 0.407 e. The van der Waals surface area contributed by atoms with Crippen molar-refractivity contribution >= 4 is 6.09 Å². The van der Waals surface area contributed by atoms with Crippen molar-refractivity contribution in [2.45, 2.75) is 39.4 Å². The lowest BCUT2D eigenvalue weighted by Crippen LogP contribution is -2.19. The molecule has 0 unspecified atom stereocenters. The number of carbonyl (C=O) groups is 1. The topological polar surface area (TPSA) is 47.6 Å². The zero-order valence-corrected chi connectivity index (χ0v) is 18.1. The number of ether oxygens (including phenoxy) is 2. The van der Waals surface area contributed by atoms with Crippen LogP contribution in [0.4, 0.5) is 4.79 Å². The number of hydrogen-bond donors (Lipinski definition) is 1. The van der Waals surface area contributed by atoms with Gasteiger partial charge in [0.25, 0.3) is 0 Å². The minimum atomic E-state index is -0.440. The Labute approximate surface area is 178 Å². The second kappa shape index (κ2) is 9.49. The monoisotopic (exact) mass is 403 g/mol. The van der Waals surface area contributed by atoms with Crippen LogP contribution in [0.1, 0.15) is 37.5 Å². The van der Waals surface area contributed by atoms with Crippen molar-refractivity contribution in [1.82, 2.24) is 5.32 Å². The number of carbonyl (C=O) groups excluding carboxylic acids is 1. The molecule has 1 amide bonds. The second-order valence-electron chi connectivity index (χ2n) is 8.22. The minimum Gasteiger partial charge on any atom is -0.489 e. The minimum absolute atomic E-state index is 0.0877. The summed E-state index contributed by atoms with van der Waals surface area (Å²) < 4.78 is 11.5. The summed E-state index contributed by atoms with van der Waals surface area (Å²) in [4.78, 5) is 11.5. The summed E-state index contributed by atoms with van der Waals surface area (Å²) in [6, 6.07) is 24.4. The molecule has 4 nitrogen and oxygen atoms in total. The largest absolute Gasteiger partial charge is 0.489 e. The van der Waals surface area contributed by atoms with Crippen molar-refractivity contribution in [3.05, 3.63) is 89.5 Å². The van der Waals surface area contributed by atoms with Gasteiger partial charge < -0.3 is 14.8 Å². The molecule has 156 valence electrons. The van der Waals surface area contributed by atoms with E-state index in [1.54, 1.807) is 7.05 Å². The molecule has 4 heteroatoms. The molecule has 0 radical (unpaired) electrons. The Kier molecular flexibility index (Phi) is 6.78. The van der Waals surface area contributed by atoms with Gasteiger partial charge in [-0.05, 0) is 39.8 Å². The van der Waals surface area contributed by atoms with Crippen molar-refractivity contribution in [3.8, 4) is 16.9 Å². The van der Waals surface area contributed by atoms with Gasteiger partial charge in [0.2, 0.25) is 0 Å². The first-order valence-corrected chi connectivity index (χ1v) is 10.1. The molecule has 0 aromatic heterocycles. The van der Waals surface area contributed by atoms with Gasteiger partial charge in [-0.3, -0.25) is 0 Å². The van der Waals surface area contributed by atoms with Gasteiger partial charge in [0.1, 0.15) is 19.0 Å². The smallest absolute Gasteiger partial charge is 0.407 e. The van der Waals surface area contributed by atoms with E-state index in [1.807, 2.05) is 42.5 Å². The highest BCUT2D eigenvalue weighted by molar-refractivity contribution is 5.71. The van der Waals surface area contributed by atoms with E-state index < -0.39 is 6.09 Å². The Morgan fingerprint density at radius 1 is 0.900 bits per heavy atom. The summed E-state index contributed by atoms with van der Waals surface area (Å²) in [5.74, 6) is 0.884. The summed E-state index contributed by atoms with van der Waals surface area (Å²) in [5, 5.41) is 2.48. The van der Waals surface area contributed by atoms with Crippen molar-refractivity contribution in [2.24, 2.45) is 0 Å². The summed E-state index contributed by atoms with van der Waals surface area (Å²) in [6.45, 7) is 7.29. The van der Waals surface area contributed by atoms with E-state index in [9.17, 15) is 4.79 Å². The van der Waals surface area contributed by atoms with E-state index in [2.05, 4.69) is 56.4 Å². The molecule has 30 heavy (non-hydrogen) atoms. The van der Waals surface area contributed by atoms with Crippen LogP contribution in [0.3, 0.4) is 0 Å². The third-order valence-corrected chi connectivity index (χ3v) is 4.92. The molecule has 0 atom stereocenters. The molecular weight excluding hydrogens is 374 g/mol. The number of rotatable bonds is 6. The summed E-state index contributed by atoms with van der Waals surface area (Å²) in [7, 11) is 1.55. The van der Waals surface area contributed by atoms with Crippen LogP contribution < -0.4 is 10.1 Å². The lowest BCUT2D eigenvalue weighted by atomic mass is 9.84. The van der Waals surface area contributed by atoms with Crippen molar-refractivity contribution in [1.29, 1.82) is 0 Å². The van der Waals surface area contributed by atoms with Gasteiger partial charge in [0, 0.05) is 12.6 Å². The molecule has 0 heterocycles. The lowest BCUT2D eigenvalue weighted by molar-refractivity contribution is 0.142. The molecule has 0 saturated carbocycles. The Morgan fingerprint density at radius 2 is 1.60 bits per heavy atom. The highest BCUT2D eigenvalue weighted by atomic mass is 16.5. The molecule has 0 fully saturated rings. The van der Waals surface area contributed by atoms with Crippen LogP contribution in [0.15, 0.2) is 72.8 Å². The summed E-state index contributed by atoms with van der Waals surface area (Å²) in [6.07, 6.45) is -0.440. The van der Waals surface area contributed by atoms with Crippen LogP contribution in [0.25, 0.3) is 11.1 Å². The maximum absolute atomic E-state index is 11.5. The zero-order chi connectivity index (χ0) is 21.6. The van der Waals surface area contributed by atoms with Crippen LogP contribution in [0, 0.1) is 0 Å². The molecule has 0 spiro atoms. The number of benzene rings is 3. The quantitative estimate of drug-likeness (QED) is 0.542. The molecule has 0 aliphatic rings. The first kappa shape index (κ1) is 21.4. The Balaban J connectivity index is 1.91. The molecule has 0 aliphatic carbocycles. The number of hydrogen-bond acceptors (Lipinski definition) is 3. The number of nitrogens with one attached hydrogen (secondary N) is 1. The first-order chi connectivity index (χ1) is 14.4. The van der Waals surface area contributed by atoms with Crippen LogP contribution in [0.2, 0.25) is 0 Å². The average Bonchev–Trinajstić information content (AvgIpc) is 2.76. The van der Waals surface area contributed by atoms with Crippen molar-refractivity contribution in [2.75, 3.05) is 7.05 Å². The Bertz CT molecular complexity index is 991. The first-order valence-electron chi connectivity index (χ1n) is 10.1. The fourth-order valence-electron chi connectivity index (χ4n) is 3.29. The summed E-state index contributed by atoms with van der Waals surface area (Å²) in [5.41, 5.74) is 5.26. The SMILES string of the molecule is CNC(=O)OCc1ccccc1-c1ccc(OCc2ccccc2)c(C(C)(C)C)c1. The molecule has 0 bridgehead atoms. The van der Waals surface area contributed by atoms with Gasteiger partial charge in [-0.25, -0.2) is 4.79 Å². The Hall–Kier alpha value is -3.27. The van der Waals surface area contributed by atoms with Crippen molar-refractivity contribution < 1.29 is 14.3 Å². The molecule has 1 N–H and O–H groups in total. The van der Waals surface area contributed by atoms with Gasteiger partial charge >= 0.3 is 6.09 Å². The van der Waals surface area contributed by atoms with Crippen LogP contribution in [-0.2, 0) is 23.4 Å². The third-order valence-electron chi connectivity index (χ3n) is 4.92. The van der Waals surface area contributed by atoms with Gasteiger partial charge in [0.05, 0.1) is 0 Å². The highest BCUT2D eigenvalue weighted by Crippen LogP contribution is 2.36. The van der Waals surface area contributed by atoms with Crippen LogP contribution >= 0.6 is 0 Å². The molecule has 3 aromatic rings. The van der Waals surface area contributed by atoms with E-state index in [0.29, 0.717) is 6.61 Å². The lowest BCUT2D eigenvalue weighted by Gasteiger charge is -2.24. The highest BCUT2D eigenvalue weighted by Gasteiger charge is 2.21. The molecule has 0 saturated heterocycles. The zero-order valence-electron chi connectivity index (χ0n) is 18.1. The number of amides is 1. The van der Waals surface area contributed by atoms with Crippen LogP contribution in [0.5, 0.6) is 5.75 Å². The third kappa shape index (κ3) is 5.41. The second-order valence-corrected chi connectivity index (χ2v) is 8.22. The number of alkyl carbamates (subject to hydrolysis) is 1. The predicted octanol–water partition coefficient (Wildman–Crippen LogP) is 6.09. The predicted molar refractivity (Wildman–Crippen MR) is 121 cm³/mol. The van der Waals surface area contributed by atoms with E-state index in [-0.39, 0.29) is 12.0 Å². The normalized spacial score (nSPS) is 11.1. The van der Waals surface area contributed by atoms with Crippen molar-refractivity contribution in [3.63, 3.8) is 0 Å². The van der Waals surface area contributed by atoms with E-state index in [4.69, 9.17) is 9.47 Å². The maximum atomic E-state index is 11.5. The molecule has 3 rings (SSSR count). The van der Waals surface area contributed by atoms with Crippen LogP contribution in [-0.4, -0.2) is 13.1 Å². The van der Waals surface area contributed by atoms with Gasteiger partial charge in [-0.1, -0.05) is 81.4 Å². The summed E-state index contributed by atoms with van der Waals surface area (Å²) >= 11 is 0. The standard InChI is InChI=1S/C26H29NO3/c1-26(2,3)23-16-20(14-15-24(23)29-17-19-10-6-5-7-11-19)22-13-9-8-12-21(22)18-30-25(28)27-4/h5-16H,17-18H2,1-4H3,(H,27,28). The van der Waals surface area contributed by atoms with E-state index in [1.165, 1.54) is 0 Å². The van der Waals surface area contributed by atoms with Gasteiger partial charge in [0.15, 0.2) is 0 Å². The Morgan fingerprint density at radius 3 is 2.30 bits per heavy atom.